The van der Waals surface area contributed by atoms with Gasteiger partial charge in [0.15, 0.2) is 0 Å². The first kappa shape index (κ1) is 24.9. The number of hydrogen-bond acceptors (Lipinski definition) is 0. The molecule has 0 amide bonds. The lowest BCUT2D eigenvalue weighted by molar-refractivity contribution is 0.888. The fraction of sp³-hybridized carbons (Fsp3) is 0.0476. The minimum Gasteiger partial charge on any atom is -0.313 e. The molecular formula is C42H30N2. The van der Waals surface area contributed by atoms with Crippen LogP contribution < -0.4 is 0 Å². The molecule has 44 heavy (non-hydrogen) atoms. The summed E-state index contributed by atoms with van der Waals surface area (Å²) in [6.45, 7) is 0. The van der Waals surface area contributed by atoms with Gasteiger partial charge in [0, 0.05) is 38.8 Å². The minimum atomic E-state index is 1.07. The zero-order valence-electron chi connectivity index (χ0n) is 24.3. The van der Waals surface area contributed by atoms with E-state index in [-0.39, 0.29) is 0 Å². The second-order valence-corrected chi connectivity index (χ2v) is 11.7. The molecule has 2 aromatic heterocycles. The summed E-state index contributed by atoms with van der Waals surface area (Å²) < 4.78 is 4.83. The Morgan fingerprint density at radius 2 is 0.864 bits per heavy atom. The van der Waals surface area contributed by atoms with Gasteiger partial charge in [-0.2, -0.15) is 0 Å². The first-order chi connectivity index (χ1) is 21.8. The molecule has 6 aromatic carbocycles. The molecule has 0 saturated heterocycles. The Bertz CT molecular complexity index is 2310. The molecule has 0 unspecified atom stereocenters. The molecule has 9 rings (SSSR count). The number of nitrogens with zero attached hydrogens (tertiary/aromatic N) is 2. The Morgan fingerprint density at radius 3 is 1.43 bits per heavy atom. The molecule has 0 N–H and O–H groups in total. The lowest BCUT2D eigenvalue weighted by Gasteiger charge is -2.15. The third kappa shape index (κ3) is 3.81. The SMILES string of the molecule is C1=Cc2c(n(-c3ccc(-c4ccccc4-c4ccc(-n5c6ccccc6c6ccccc65)cc4)cc3)c3ccccc23)CC1. The molecule has 0 radical (unpaired) electrons. The second-order valence-electron chi connectivity index (χ2n) is 11.7. The van der Waals surface area contributed by atoms with Crippen molar-refractivity contribution in [3.63, 3.8) is 0 Å². The van der Waals surface area contributed by atoms with Gasteiger partial charge in [-0.25, -0.2) is 0 Å². The Balaban J connectivity index is 1.10. The fourth-order valence-electron chi connectivity index (χ4n) is 7.23. The predicted octanol–water partition coefficient (Wildman–Crippen LogP) is 11.0. The van der Waals surface area contributed by atoms with E-state index < -0.39 is 0 Å². The van der Waals surface area contributed by atoms with Crippen LogP contribution in [-0.2, 0) is 6.42 Å². The maximum absolute atomic E-state index is 2.46. The molecule has 1 aliphatic carbocycles. The third-order valence-electron chi connectivity index (χ3n) is 9.23. The van der Waals surface area contributed by atoms with E-state index in [2.05, 4.69) is 167 Å². The van der Waals surface area contributed by atoms with Crippen LogP contribution in [0.5, 0.6) is 0 Å². The molecule has 0 fully saturated rings. The van der Waals surface area contributed by atoms with Crippen LogP contribution >= 0.6 is 0 Å². The van der Waals surface area contributed by atoms with Crippen molar-refractivity contribution in [2.24, 2.45) is 0 Å². The normalized spacial score (nSPS) is 12.7. The lowest BCUT2D eigenvalue weighted by atomic mass is 9.94. The van der Waals surface area contributed by atoms with Gasteiger partial charge in [-0.3, -0.25) is 0 Å². The second kappa shape index (κ2) is 10.00. The van der Waals surface area contributed by atoms with E-state index in [4.69, 9.17) is 0 Å². The number of benzene rings is 6. The van der Waals surface area contributed by atoms with Crippen LogP contribution in [0.2, 0.25) is 0 Å². The standard InChI is InChI=1S/C42H30N2/c1-2-12-34(30-23-27-32(28-24-30)44-41-19-9-5-15-37(41)38-16-6-10-20-42(38)44)33(11-1)29-21-25-31(26-22-29)43-39-17-7-3-13-35(39)36-14-4-8-18-40(36)43/h1-9,11-19,21-28H,10,20H2. The molecule has 2 nitrogen and oxygen atoms in total. The van der Waals surface area contributed by atoms with E-state index in [0.29, 0.717) is 0 Å². The van der Waals surface area contributed by atoms with Gasteiger partial charge in [0.05, 0.1) is 16.6 Å². The monoisotopic (exact) mass is 562 g/mol. The smallest absolute Gasteiger partial charge is 0.0541 e. The summed E-state index contributed by atoms with van der Waals surface area (Å²) in [5.74, 6) is 0. The zero-order valence-corrected chi connectivity index (χ0v) is 24.3. The zero-order chi connectivity index (χ0) is 29.0. The summed E-state index contributed by atoms with van der Waals surface area (Å²) in [5, 5.41) is 3.90. The molecule has 2 heterocycles. The molecule has 0 atom stereocenters. The predicted molar refractivity (Wildman–Crippen MR) is 186 cm³/mol. The van der Waals surface area contributed by atoms with Gasteiger partial charge in [0.2, 0.25) is 0 Å². The first-order valence-electron chi connectivity index (χ1n) is 15.4. The Kier molecular flexibility index (Phi) is 5.67. The molecule has 8 aromatic rings. The van der Waals surface area contributed by atoms with Crippen LogP contribution in [0.1, 0.15) is 17.7 Å². The topological polar surface area (TPSA) is 9.86 Å². The highest BCUT2D eigenvalue weighted by Crippen LogP contribution is 2.37. The summed E-state index contributed by atoms with van der Waals surface area (Å²) in [7, 11) is 0. The summed E-state index contributed by atoms with van der Waals surface area (Å²) in [6.07, 6.45) is 6.75. The average molecular weight is 563 g/mol. The van der Waals surface area contributed by atoms with Gasteiger partial charge in [0.25, 0.3) is 0 Å². The van der Waals surface area contributed by atoms with Crippen LogP contribution in [0, 0.1) is 0 Å². The number of hydrogen-bond donors (Lipinski definition) is 0. The average Bonchev–Trinajstić information content (AvgIpc) is 3.62. The van der Waals surface area contributed by atoms with Crippen molar-refractivity contribution in [3.8, 4) is 33.6 Å². The van der Waals surface area contributed by atoms with E-state index in [0.717, 1.165) is 12.8 Å². The van der Waals surface area contributed by atoms with Gasteiger partial charge in [-0.1, -0.05) is 115 Å². The molecule has 0 bridgehead atoms. The Labute approximate surface area is 256 Å². The van der Waals surface area contributed by atoms with Crippen molar-refractivity contribution >= 4 is 38.8 Å². The van der Waals surface area contributed by atoms with E-state index in [9.17, 15) is 0 Å². The molecule has 0 saturated carbocycles. The van der Waals surface area contributed by atoms with Crippen molar-refractivity contribution in [1.82, 2.24) is 9.13 Å². The van der Waals surface area contributed by atoms with Crippen LogP contribution in [0.25, 0.3) is 72.4 Å². The summed E-state index contributed by atoms with van der Waals surface area (Å²) in [5.41, 5.74) is 13.8. The van der Waals surface area contributed by atoms with Crippen LogP contribution in [0.4, 0.5) is 0 Å². The molecular weight excluding hydrogens is 532 g/mol. The molecule has 208 valence electrons. The van der Waals surface area contributed by atoms with Gasteiger partial charge in [0.1, 0.15) is 0 Å². The largest absolute Gasteiger partial charge is 0.313 e. The first-order valence-corrected chi connectivity index (χ1v) is 15.4. The van der Waals surface area contributed by atoms with Crippen molar-refractivity contribution < 1.29 is 0 Å². The van der Waals surface area contributed by atoms with Crippen LogP contribution in [-0.4, -0.2) is 9.13 Å². The molecule has 0 aliphatic heterocycles. The van der Waals surface area contributed by atoms with Crippen molar-refractivity contribution in [2.75, 3.05) is 0 Å². The molecule has 0 spiro atoms. The maximum atomic E-state index is 2.46. The number of fused-ring (bicyclic) bond motifs is 6. The Hall–Kier alpha value is -5.60. The van der Waals surface area contributed by atoms with Crippen LogP contribution in [0.15, 0.2) is 152 Å². The molecule has 1 aliphatic rings. The van der Waals surface area contributed by atoms with Crippen molar-refractivity contribution in [3.05, 3.63) is 163 Å². The van der Waals surface area contributed by atoms with E-state index in [1.807, 2.05) is 0 Å². The van der Waals surface area contributed by atoms with Gasteiger partial charge in [-0.15, -0.1) is 0 Å². The number of rotatable bonds is 4. The van der Waals surface area contributed by atoms with Crippen LogP contribution in [0.3, 0.4) is 0 Å². The highest BCUT2D eigenvalue weighted by Gasteiger charge is 2.18. The number of aromatic nitrogens is 2. The maximum Gasteiger partial charge on any atom is 0.0541 e. The number of para-hydroxylation sites is 3. The van der Waals surface area contributed by atoms with Crippen molar-refractivity contribution in [2.45, 2.75) is 12.8 Å². The summed E-state index contributed by atoms with van der Waals surface area (Å²) >= 11 is 0. The lowest BCUT2D eigenvalue weighted by Crippen LogP contribution is -2.02. The fourth-order valence-corrected chi connectivity index (χ4v) is 7.23. The van der Waals surface area contributed by atoms with Gasteiger partial charge in [-0.05, 0) is 77.6 Å². The van der Waals surface area contributed by atoms with Crippen molar-refractivity contribution in [1.29, 1.82) is 0 Å². The summed E-state index contributed by atoms with van der Waals surface area (Å²) in [6, 6.07) is 53.0. The Morgan fingerprint density at radius 1 is 0.409 bits per heavy atom. The number of allylic oxidation sites excluding steroid dienone is 1. The molecule has 2 heteroatoms. The van der Waals surface area contributed by atoms with Gasteiger partial charge < -0.3 is 9.13 Å². The van der Waals surface area contributed by atoms with E-state index >= 15 is 0 Å². The minimum absolute atomic E-state index is 1.07. The third-order valence-corrected chi connectivity index (χ3v) is 9.23. The summed E-state index contributed by atoms with van der Waals surface area (Å²) in [4.78, 5) is 0. The highest BCUT2D eigenvalue weighted by molar-refractivity contribution is 6.09. The van der Waals surface area contributed by atoms with Gasteiger partial charge >= 0.3 is 0 Å². The quantitative estimate of drug-likeness (QED) is 0.202. The van der Waals surface area contributed by atoms with E-state index in [1.54, 1.807) is 0 Å². The van der Waals surface area contributed by atoms with E-state index in [1.165, 1.54) is 77.6 Å². The highest BCUT2D eigenvalue weighted by atomic mass is 15.0.